The molecule has 0 amide bonds. The molecule has 0 fully saturated rings. The topological polar surface area (TPSA) is 34.0 Å². The monoisotopic (exact) mass is 338 g/mol. The molecule has 0 spiro atoms. The number of rotatable bonds is 2. The number of aryl methyl sites for hydroxylation is 1. The minimum absolute atomic E-state index is 0.108. The number of hydrogen-bond donors (Lipinski definition) is 1. The van der Waals surface area contributed by atoms with E-state index in [4.69, 9.17) is 11.6 Å². The molecule has 0 saturated heterocycles. The summed E-state index contributed by atoms with van der Waals surface area (Å²) in [5.41, 5.74) is 5.66. The minimum atomic E-state index is 0.108. The van der Waals surface area contributed by atoms with Gasteiger partial charge in [0.25, 0.3) is 0 Å². The largest absolute Gasteiger partial charge is 0.311 e. The van der Waals surface area contributed by atoms with Crippen LogP contribution in [0.1, 0.15) is 27.2 Å². The van der Waals surface area contributed by atoms with Gasteiger partial charge in [-0.25, -0.2) is 0 Å². The molecule has 122 valence electrons. The second-order valence-electron chi connectivity index (χ2n) is 6.41. The van der Waals surface area contributed by atoms with Crippen molar-refractivity contribution in [3.05, 3.63) is 69.9 Å². The van der Waals surface area contributed by atoms with Gasteiger partial charge >= 0.3 is 0 Å². The van der Waals surface area contributed by atoms with Crippen LogP contribution in [0, 0.1) is 6.92 Å². The van der Waals surface area contributed by atoms with Crippen molar-refractivity contribution in [2.75, 3.05) is 6.54 Å². The second-order valence-corrected chi connectivity index (χ2v) is 6.84. The van der Waals surface area contributed by atoms with Gasteiger partial charge in [0.05, 0.1) is 11.9 Å². The van der Waals surface area contributed by atoms with E-state index in [2.05, 4.69) is 30.4 Å². The Bertz CT molecular complexity index is 925. The van der Waals surface area contributed by atoms with Gasteiger partial charge in [-0.1, -0.05) is 35.4 Å². The SMILES string of the molecule is Cc1ccc2c(c1)c1c(n2C(=O)Cc2ccc(Cl)cc2)CNCC1. The predicted molar refractivity (Wildman–Crippen MR) is 97.9 cm³/mol. The number of nitrogens with one attached hydrogen (secondary N) is 1. The summed E-state index contributed by atoms with van der Waals surface area (Å²) in [4.78, 5) is 13.0. The van der Waals surface area contributed by atoms with Crippen LogP contribution in [0.5, 0.6) is 0 Å². The number of hydrogen-bond acceptors (Lipinski definition) is 2. The van der Waals surface area contributed by atoms with Crippen molar-refractivity contribution in [2.45, 2.75) is 26.3 Å². The standard InChI is InChI=1S/C20H19ClN2O/c1-13-2-7-18-17(10-13)16-8-9-22-12-19(16)23(18)20(24)11-14-3-5-15(21)6-4-14/h2-7,10,22H,8-9,11-12H2,1H3. The van der Waals surface area contributed by atoms with Crippen molar-refractivity contribution < 1.29 is 4.79 Å². The minimum Gasteiger partial charge on any atom is -0.311 e. The summed E-state index contributed by atoms with van der Waals surface area (Å²) in [5, 5.41) is 5.30. The van der Waals surface area contributed by atoms with E-state index in [0.29, 0.717) is 11.4 Å². The van der Waals surface area contributed by atoms with Gasteiger partial charge in [0, 0.05) is 22.6 Å². The van der Waals surface area contributed by atoms with Crippen molar-refractivity contribution in [3.8, 4) is 0 Å². The lowest BCUT2D eigenvalue weighted by Crippen LogP contribution is -2.27. The van der Waals surface area contributed by atoms with Gasteiger partial charge in [-0.05, 0) is 55.3 Å². The molecule has 0 radical (unpaired) electrons. The molecule has 3 aromatic rings. The van der Waals surface area contributed by atoms with E-state index in [-0.39, 0.29) is 5.91 Å². The smallest absolute Gasteiger partial charge is 0.235 e. The van der Waals surface area contributed by atoms with Gasteiger partial charge in [0.15, 0.2) is 0 Å². The molecule has 0 saturated carbocycles. The predicted octanol–water partition coefficient (Wildman–Crippen LogP) is 4.13. The van der Waals surface area contributed by atoms with Crippen molar-refractivity contribution >= 4 is 28.4 Å². The van der Waals surface area contributed by atoms with Crippen molar-refractivity contribution in [1.82, 2.24) is 9.88 Å². The summed E-state index contributed by atoms with van der Waals surface area (Å²) in [5.74, 6) is 0.108. The van der Waals surface area contributed by atoms with Crippen LogP contribution >= 0.6 is 11.6 Å². The molecule has 0 aliphatic carbocycles. The van der Waals surface area contributed by atoms with Crippen molar-refractivity contribution in [1.29, 1.82) is 0 Å². The number of aromatic nitrogens is 1. The number of carbonyl (C=O) groups is 1. The molecule has 4 rings (SSSR count). The van der Waals surface area contributed by atoms with Gasteiger partial charge < -0.3 is 5.32 Å². The average molecular weight is 339 g/mol. The molecule has 2 aromatic carbocycles. The zero-order valence-electron chi connectivity index (χ0n) is 13.6. The number of carbonyl (C=O) groups excluding carboxylic acids is 1. The Morgan fingerprint density at radius 1 is 1.21 bits per heavy atom. The molecule has 0 unspecified atom stereocenters. The van der Waals surface area contributed by atoms with Crippen LogP contribution < -0.4 is 5.32 Å². The quantitative estimate of drug-likeness (QED) is 0.762. The number of benzene rings is 2. The van der Waals surface area contributed by atoms with E-state index in [0.717, 1.165) is 36.3 Å². The van der Waals surface area contributed by atoms with E-state index in [1.807, 2.05) is 28.8 Å². The Hall–Kier alpha value is -2.10. The number of fused-ring (bicyclic) bond motifs is 3. The van der Waals surface area contributed by atoms with Gasteiger partial charge in [-0.2, -0.15) is 0 Å². The Morgan fingerprint density at radius 2 is 2.00 bits per heavy atom. The van der Waals surface area contributed by atoms with Gasteiger partial charge in [-0.3, -0.25) is 9.36 Å². The zero-order chi connectivity index (χ0) is 16.7. The first-order chi connectivity index (χ1) is 11.6. The highest BCUT2D eigenvalue weighted by atomic mass is 35.5. The second kappa shape index (κ2) is 6.08. The first kappa shape index (κ1) is 15.4. The molecule has 3 nitrogen and oxygen atoms in total. The lowest BCUT2D eigenvalue weighted by atomic mass is 10.0. The van der Waals surface area contributed by atoms with Crippen LogP contribution in [0.2, 0.25) is 5.02 Å². The molecular formula is C20H19ClN2O. The summed E-state index contributed by atoms with van der Waals surface area (Å²) in [6.07, 6.45) is 1.35. The first-order valence-corrected chi connectivity index (χ1v) is 8.62. The fourth-order valence-corrected chi connectivity index (χ4v) is 3.67. The normalized spacial score (nSPS) is 13.9. The van der Waals surface area contributed by atoms with E-state index < -0.39 is 0 Å². The third kappa shape index (κ3) is 2.64. The average Bonchev–Trinajstić information content (AvgIpc) is 2.91. The maximum Gasteiger partial charge on any atom is 0.235 e. The van der Waals surface area contributed by atoms with Crippen molar-refractivity contribution in [2.24, 2.45) is 0 Å². The summed E-state index contributed by atoms with van der Waals surface area (Å²) in [7, 11) is 0. The molecular weight excluding hydrogens is 320 g/mol. The van der Waals surface area contributed by atoms with E-state index in [1.165, 1.54) is 16.5 Å². The zero-order valence-corrected chi connectivity index (χ0v) is 14.4. The van der Waals surface area contributed by atoms with Crippen LogP contribution in [0.15, 0.2) is 42.5 Å². The molecule has 0 atom stereocenters. The highest BCUT2D eigenvalue weighted by Crippen LogP contribution is 2.30. The Kier molecular flexibility index (Phi) is 3.91. The van der Waals surface area contributed by atoms with Crippen LogP contribution in [0.4, 0.5) is 0 Å². The van der Waals surface area contributed by atoms with E-state index in [1.54, 1.807) is 0 Å². The maximum absolute atomic E-state index is 13.0. The first-order valence-electron chi connectivity index (χ1n) is 8.24. The summed E-state index contributed by atoms with van der Waals surface area (Å²) < 4.78 is 1.91. The van der Waals surface area contributed by atoms with Gasteiger partial charge in [0.1, 0.15) is 0 Å². The molecule has 1 aliphatic heterocycles. The Balaban J connectivity index is 1.80. The van der Waals surface area contributed by atoms with Crippen molar-refractivity contribution in [3.63, 3.8) is 0 Å². The van der Waals surface area contributed by atoms with Crippen LogP contribution in [-0.4, -0.2) is 17.0 Å². The summed E-state index contributed by atoms with van der Waals surface area (Å²) in [6.45, 7) is 3.81. The number of nitrogens with zero attached hydrogens (tertiary/aromatic N) is 1. The van der Waals surface area contributed by atoms with Crippen LogP contribution in [0.25, 0.3) is 10.9 Å². The molecule has 24 heavy (non-hydrogen) atoms. The molecule has 1 N–H and O–H groups in total. The van der Waals surface area contributed by atoms with Crippen LogP contribution in [0.3, 0.4) is 0 Å². The molecule has 0 bridgehead atoms. The molecule has 1 aliphatic rings. The Morgan fingerprint density at radius 3 is 2.79 bits per heavy atom. The fourth-order valence-electron chi connectivity index (χ4n) is 3.55. The fraction of sp³-hybridized carbons (Fsp3) is 0.250. The lowest BCUT2D eigenvalue weighted by Gasteiger charge is -2.16. The third-order valence-corrected chi connectivity index (χ3v) is 4.95. The lowest BCUT2D eigenvalue weighted by molar-refractivity contribution is 0.0915. The highest BCUT2D eigenvalue weighted by Gasteiger charge is 2.23. The maximum atomic E-state index is 13.0. The summed E-state index contributed by atoms with van der Waals surface area (Å²) >= 11 is 5.94. The molecule has 1 aromatic heterocycles. The van der Waals surface area contributed by atoms with E-state index in [9.17, 15) is 4.79 Å². The van der Waals surface area contributed by atoms with Gasteiger partial charge in [0.2, 0.25) is 5.91 Å². The van der Waals surface area contributed by atoms with Crippen LogP contribution in [-0.2, 0) is 19.4 Å². The Labute approximate surface area is 146 Å². The highest BCUT2D eigenvalue weighted by molar-refractivity contribution is 6.30. The van der Waals surface area contributed by atoms with Gasteiger partial charge in [-0.15, -0.1) is 0 Å². The number of halogens is 1. The molecule has 2 heterocycles. The summed E-state index contributed by atoms with van der Waals surface area (Å²) in [6, 6.07) is 13.8. The van der Waals surface area contributed by atoms with E-state index >= 15 is 0 Å². The molecule has 4 heteroatoms. The third-order valence-electron chi connectivity index (χ3n) is 4.70.